The standard InChI is InChI=1S/C17H27N3OS.HI/c1-20(2)16(18-13-15-7-5-4-6-8-15)19-14-17(22-3)9-11-21-12-10-17;/h4-8H,9-14H2,1-3H3,(H,18,19);1H. The molecule has 0 unspecified atom stereocenters. The number of ether oxygens (including phenoxy) is 1. The fourth-order valence-corrected chi connectivity index (χ4v) is 3.33. The third-order valence-electron chi connectivity index (χ3n) is 4.08. The maximum atomic E-state index is 5.50. The van der Waals surface area contributed by atoms with Crippen molar-refractivity contribution in [3.8, 4) is 0 Å². The molecule has 0 saturated carbocycles. The maximum Gasteiger partial charge on any atom is 0.193 e. The SMILES string of the molecule is CSC1(CNC(=NCc2ccccc2)N(C)C)CCOCC1.I. The largest absolute Gasteiger partial charge is 0.381 e. The lowest BCUT2D eigenvalue weighted by atomic mass is 9.99. The Morgan fingerprint density at radius 2 is 1.91 bits per heavy atom. The summed E-state index contributed by atoms with van der Waals surface area (Å²) < 4.78 is 5.77. The predicted molar refractivity (Wildman–Crippen MR) is 111 cm³/mol. The molecular formula is C17H28IN3OS. The van der Waals surface area contributed by atoms with Gasteiger partial charge in [-0.2, -0.15) is 11.8 Å². The third-order valence-corrected chi connectivity index (χ3v) is 5.50. The van der Waals surface area contributed by atoms with Crippen molar-refractivity contribution in [3.05, 3.63) is 35.9 Å². The highest BCUT2D eigenvalue weighted by atomic mass is 127. The Morgan fingerprint density at radius 3 is 2.48 bits per heavy atom. The Bertz CT molecular complexity index is 476. The molecule has 1 aromatic carbocycles. The molecule has 0 aliphatic carbocycles. The smallest absolute Gasteiger partial charge is 0.193 e. The summed E-state index contributed by atoms with van der Waals surface area (Å²) in [7, 11) is 4.07. The molecule has 1 fully saturated rings. The van der Waals surface area contributed by atoms with Crippen LogP contribution in [0.1, 0.15) is 18.4 Å². The highest BCUT2D eigenvalue weighted by Crippen LogP contribution is 2.32. The molecule has 0 aromatic heterocycles. The van der Waals surface area contributed by atoms with Gasteiger partial charge in [-0.3, -0.25) is 0 Å². The number of nitrogens with one attached hydrogen (secondary N) is 1. The summed E-state index contributed by atoms with van der Waals surface area (Å²) in [5.74, 6) is 0.948. The molecule has 1 aromatic rings. The fourth-order valence-electron chi connectivity index (χ4n) is 2.54. The summed E-state index contributed by atoms with van der Waals surface area (Å²) in [6.45, 7) is 3.36. The first-order valence-electron chi connectivity index (χ1n) is 7.78. The molecule has 0 spiro atoms. The second-order valence-electron chi connectivity index (χ2n) is 5.87. The summed E-state index contributed by atoms with van der Waals surface area (Å²) in [5, 5.41) is 3.55. The van der Waals surface area contributed by atoms with Crippen LogP contribution >= 0.6 is 35.7 Å². The van der Waals surface area contributed by atoms with Gasteiger partial charge in [-0.15, -0.1) is 24.0 Å². The van der Waals surface area contributed by atoms with E-state index in [1.807, 2.05) is 31.9 Å². The van der Waals surface area contributed by atoms with Crippen LogP contribution in [0, 0.1) is 0 Å². The first-order valence-corrected chi connectivity index (χ1v) is 9.00. The monoisotopic (exact) mass is 449 g/mol. The summed E-state index contributed by atoms with van der Waals surface area (Å²) >= 11 is 1.95. The zero-order valence-corrected chi connectivity index (χ0v) is 17.4. The van der Waals surface area contributed by atoms with Gasteiger partial charge in [0.1, 0.15) is 0 Å². The van der Waals surface area contributed by atoms with Crippen LogP contribution in [-0.2, 0) is 11.3 Å². The quantitative estimate of drug-likeness (QED) is 0.426. The Kier molecular flexibility index (Phi) is 9.31. The number of aliphatic imine (C=N–C) groups is 1. The molecule has 130 valence electrons. The molecule has 0 amide bonds. The van der Waals surface area contributed by atoms with Gasteiger partial charge in [-0.05, 0) is 24.7 Å². The second-order valence-corrected chi connectivity index (χ2v) is 7.15. The van der Waals surface area contributed by atoms with Crippen molar-refractivity contribution in [2.75, 3.05) is 40.1 Å². The Hall–Kier alpha value is -0.470. The third kappa shape index (κ3) is 6.51. The normalized spacial score (nSPS) is 17.3. The van der Waals surface area contributed by atoms with E-state index in [4.69, 9.17) is 9.73 Å². The number of guanidine groups is 1. The van der Waals surface area contributed by atoms with E-state index >= 15 is 0 Å². The van der Waals surface area contributed by atoms with Crippen LogP contribution in [0.15, 0.2) is 35.3 Å². The number of benzene rings is 1. The van der Waals surface area contributed by atoms with Gasteiger partial charge in [0, 0.05) is 38.6 Å². The molecule has 0 radical (unpaired) electrons. The van der Waals surface area contributed by atoms with Crippen LogP contribution in [0.25, 0.3) is 0 Å². The number of halogens is 1. The summed E-state index contributed by atoms with van der Waals surface area (Å²) in [4.78, 5) is 6.79. The number of rotatable bonds is 5. The lowest BCUT2D eigenvalue weighted by molar-refractivity contribution is 0.0782. The molecule has 2 rings (SSSR count). The van der Waals surface area contributed by atoms with Crippen molar-refractivity contribution in [1.29, 1.82) is 0 Å². The van der Waals surface area contributed by atoms with Crippen LogP contribution in [0.5, 0.6) is 0 Å². The summed E-state index contributed by atoms with van der Waals surface area (Å²) in [6, 6.07) is 10.4. The molecule has 1 aliphatic rings. The van der Waals surface area contributed by atoms with Crippen molar-refractivity contribution in [2.24, 2.45) is 4.99 Å². The predicted octanol–water partition coefficient (Wildman–Crippen LogP) is 3.22. The van der Waals surface area contributed by atoms with Gasteiger partial charge in [0.25, 0.3) is 0 Å². The van der Waals surface area contributed by atoms with Crippen LogP contribution in [0.3, 0.4) is 0 Å². The lowest BCUT2D eigenvalue weighted by Gasteiger charge is -2.36. The van der Waals surface area contributed by atoms with Gasteiger partial charge in [0.15, 0.2) is 5.96 Å². The van der Waals surface area contributed by atoms with Gasteiger partial charge in [-0.25, -0.2) is 4.99 Å². The topological polar surface area (TPSA) is 36.9 Å². The first kappa shape index (κ1) is 20.6. The first-order chi connectivity index (χ1) is 10.7. The van der Waals surface area contributed by atoms with E-state index in [1.165, 1.54) is 5.56 Å². The molecule has 1 N–H and O–H groups in total. The number of hydrogen-bond donors (Lipinski definition) is 1. The zero-order valence-electron chi connectivity index (χ0n) is 14.2. The van der Waals surface area contributed by atoms with Crippen LogP contribution < -0.4 is 5.32 Å². The number of hydrogen-bond acceptors (Lipinski definition) is 3. The van der Waals surface area contributed by atoms with E-state index in [1.54, 1.807) is 0 Å². The van der Waals surface area contributed by atoms with E-state index < -0.39 is 0 Å². The molecular weight excluding hydrogens is 421 g/mol. The lowest BCUT2D eigenvalue weighted by Crippen LogP contribution is -2.47. The minimum atomic E-state index is 0. The Balaban J connectivity index is 0.00000264. The van der Waals surface area contributed by atoms with E-state index in [-0.39, 0.29) is 28.7 Å². The molecule has 0 atom stereocenters. The van der Waals surface area contributed by atoms with Crippen molar-refractivity contribution in [3.63, 3.8) is 0 Å². The molecule has 1 aliphatic heterocycles. The van der Waals surface area contributed by atoms with Gasteiger partial charge in [0.2, 0.25) is 0 Å². The van der Waals surface area contributed by atoms with Crippen LogP contribution in [0.2, 0.25) is 0 Å². The number of nitrogens with zero attached hydrogens (tertiary/aromatic N) is 2. The fraction of sp³-hybridized carbons (Fsp3) is 0.588. The molecule has 1 heterocycles. The van der Waals surface area contributed by atoms with Crippen LogP contribution in [0.4, 0.5) is 0 Å². The Morgan fingerprint density at radius 1 is 1.26 bits per heavy atom. The van der Waals surface area contributed by atoms with Gasteiger partial charge in [-0.1, -0.05) is 30.3 Å². The van der Waals surface area contributed by atoms with E-state index in [0.29, 0.717) is 6.54 Å². The Labute approximate surface area is 161 Å². The van der Waals surface area contributed by atoms with Gasteiger partial charge in [0.05, 0.1) is 6.54 Å². The van der Waals surface area contributed by atoms with E-state index in [2.05, 4.69) is 40.7 Å². The maximum absolute atomic E-state index is 5.50. The number of thioether (sulfide) groups is 1. The van der Waals surface area contributed by atoms with Crippen LogP contribution in [-0.4, -0.2) is 55.7 Å². The molecule has 6 heteroatoms. The molecule has 4 nitrogen and oxygen atoms in total. The van der Waals surface area contributed by atoms with E-state index in [0.717, 1.165) is 38.6 Å². The van der Waals surface area contributed by atoms with Crippen molar-refractivity contribution in [1.82, 2.24) is 10.2 Å². The zero-order chi connectivity index (χ0) is 15.8. The average molecular weight is 449 g/mol. The molecule has 1 saturated heterocycles. The van der Waals surface area contributed by atoms with Gasteiger partial charge >= 0.3 is 0 Å². The van der Waals surface area contributed by atoms with Crippen molar-refractivity contribution in [2.45, 2.75) is 24.1 Å². The molecule has 0 bridgehead atoms. The van der Waals surface area contributed by atoms with E-state index in [9.17, 15) is 0 Å². The highest BCUT2D eigenvalue weighted by molar-refractivity contribution is 14.0. The minimum Gasteiger partial charge on any atom is -0.381 e. The summed E-state index contributed by atoms with van der Waals surface area (Å²) in [6.07, 6.45) is 4.39. The second kappa shape index (κ2) is 10.4. The highest BCUT2D eigenvalue weighted by Gasteiger charge is 2.31. The minimum absolute atomic E-state index is 0. The van der Waals surface area contributed by atoms with Gasteiger partial charge < -0.3 is 15.0 Å². The molecule has 23 heavy (non-hydrogen) atoms. The van der Waals surface area contributed by atoms with Crippen molar-refractivity contribution < 1.29 is 4.74 Å². The summed E-state index contributed by atoms with van der Waals surface area (Å²) in [5.41, 5.74) is 1.23. The average Bonchev–Trinajstić information content (AvgIpc) is 2.56. The van der Waals surface area contributed by atoms with Crippen molar-refractivity contribution >= 4 is 41.7 Å².